The topological polar surface area (TPSA) is 71.9 Å². The van der Waals surface area contributed by atoms with Gasteiger partial charge in [-0.05, 0) is 17.7 Å². The molecule has 20 heavy (non-hydrogen) atoms. The summed E-state index contributed by atoms with van der Waals surface area (Å²) >= 11 is 0. The van der Waals surface area contributed by atoms with Crippen molar-refractivity contribution in [2.75, 3.05) is 40.0 Å². The number of esters is 1. The lowest BCUT2D eigenvalue weighted by Gasteiger charge is -2.31. The van der Waals surface area contributed by atoms with E-state index in [1.165, 1.54) is 7.11 Å². The van der Waals surface area contributed by atoms with E-state index in [0.717, 1.165) is 13.1 Å². The molecule has 1 aromatic heterocycles. The SMILES string of the molecule is COC(=O)[C@@H](CN1CCOCC1)[C@@H](O)c1ccncc1. The van der Waals surface area contributed by atoms with E-state index in [-0.39, 0.29) is 0 Å². The van der Waals surface area contributed by atoms with Crippen molar-refractivity contribution in [3.8, 4) is 0 Å². The van der Waals surface area contributed by atoms with E-state index >= 15 is 0 Å². The molecule has 0 saturated carbocycles. The number of aliphatic hydroxyl groups excluding tert-OH is 1. The number of aromatic nitrogens is 1. The van der Waals surface area contributed by atoms with Crippen LogP contribution in [0.3, 0.4) is 0 Å². The van der Waals surface area contributed by atoms with Crippen LogP contribution in [-0.4, -0.2) is 60.9 Å². The molecule has 1 fully saturated rings. The number of hydrogen-bond donors (Lipinski definition) is 1. The van der Waals surface area contributed by atoms with E-state index in [4.69, 9.17) is 9.47 Å². The molecule has 0 radical (unpaired) electrons. The van der Waals surface area contributed by atoms with Gasteiger partial charge in [-0.2, -0.15) is 0 Å². The molecule has 0 unspecified atom stereocenters. The summed E-state index contributed by atoms with van der Waals surface area (Å²) in [4.78, 5) is 18.0. The zero-order valence-corrected chi connectivity index (χ0v) is 11.6. The molecule has 2 heterocycles. The number of aliphatic hydroxyl groups is 1. The fraction of sp³-hybridized carbons (Fsp3) is 0.571. The highest BCUT2D eigenvalue weighted by atomic mass is 16.5. The summed E-state index contributed by atoms with van der Waals surface area (Å²) in [5, 5.41) is 10.4. The van der Waals surface area contributed by atoms with Crippen LogP contribution in [0.4, 0.5) is 0 Å². The van der Waals surface area contributed by atoms with Gasteiger partial charge in [-0.25, -0.2) is 0 Å². The first kappa shape index (κ1) is 14.9. The van der Waals surface area contributed by atoms with E-state index in [1.54, 1.807) is 24.5 Å². The molecule has 0 aromatic carbocycles. The molecule has 1 N–H and O–H groups in total. The first-order valence-electron chi connectivity index (χ1n) is 6.68. The maximum Gasteiger partial charge on any atom is 0.312 e. The van der Waals surface area contributed by atoms with E-state index in [2.05, 4.69) is 9.88 Å². The molecule has 1 aromatic rings. The first-order valence-corrected chi connectivity index (χ1v) is 6.68. The standard InChI is InChI=1S/C14H20N2O4/c1-19-14(18)12(10-16-6-8-20-9-7-16)13(17)11-2-4-15-5-3-11/h2-5,12-13,17H,6-10H2,1H3/t12-,13-/m0/s1. The predicted octanol–water partition coefficient (Wildman–Crippen LogP) is 0.236. The van der Waals surface area contributed by atoms with Crippen LogP contribution in [0.1, 0.15) is 11.7 Å². The minimum Gasteiger partial charge on any atom is -0.469 e. The highest BCUT2D eigenvalue weighted by Gasteiger charge is 2.31. The van der Waals surface area contributed by atoms with Crippen molar-refractivity contribution >= 4 is 5.97 Å². The van der Waals surface area contributed by atoms with Gasteiger partial charge in [0.15, 0.2) is 0 Å². The van der Waals surface area contributed by atoms with Gasteiger partial charge in [-0.1, -0.05) is 0 Å². The third kappa shape index (κ3) is 3.75. The molecule has 2 atom stereocenters. The Balaban J connectivity index is 2.08. The Hall–Kier alpha value is -1.50. The first-order chi connectivity index (χ1) is 9.72. The van der Waals surface area contributed by atoms with Gasteiger partial charge in [0.1, 0.15) is 0 Å². The highest BCUT2D eigenvalue weighted by Crippen LogP contribution is 2.24. The summed E-state index contributed by atoms with van der Waals surface area (Å²) in [6, 6.07) is 3.42. The van der Waals surface area contributed by atoms with Crippen molar-refractivity contribution in [1.82, 2.24) is 9.88 Å². The lowest BCUT2D eigenvalue weighted by atomic mass is 9.95. The maximum atomic E-state index is 11.9. The van der Waals surface area contributed by atoms with Crippen LogP contribution in [0.5, 0.6) is 0 Å². The summed E-state index contributed by atoms with van der Waals surface area (Å²) in [7, 11) is 1.34. The molecular formula is C14H20N2O4. The molecule has 110 valence electrons. The molecule has 0 amide bonds. The summed E-state index contributed by atoms with van der Waals surface area (Å²) in [6.07, 6.45) is 2.30. The Morgan fingerprint density at radius 3 is 2.70 bits per heavy atom. The van der Waals surface area contributed by atoms with Gasteiger partial charge in [-0.15, -0.1) is 0 Å². The summed E-state index contributed by atoms with van der Waals surface area (Å²) in [5.41, 5.74) is 0.670. The smallest absolute Gasteiger partial charge is 0.312 e. The maximum absolute atomic E-state index is 11.9. The fourth-order valence-electron chi connectivity index (χ4n) is 2.31. The van der Waals surface area contributed by atoms with Crippen LogP contribution < -0.4 is 0 Å². The number of hydrogen-bond acceptors (Lipinski definition) is 6. The number of nitrogens with zero attached hydrogens (tertiary/aromatic N) is 2. The molecule has 1 aliphatic rings. The molecular weight excluding hydrogens is 260 g/mol. The zero-order valence-electron chi connectivity index (χ0n) is 11.6. The second-order valence-electron chi connectivity index (χ2n) is 4.77. The van der Waals surface area contributed by atoms with E-state index < -0.39 is 18.0 Å². The Kier molecular flexibility index (Phi) is 5.46. The van der Waals surface area contributed by atoms with Crippen molar-refractivity contribution < 1.29 is 19.4 Å². The fourth-order valence-corrected chi connectivity index (χ4v) is 2.31. The van der Waals surface area contributed by atoms with Crippen LogP contribution in [0.15, 0.2) is 24.5 Å². The van der Waals surface area contributed by atoms with Crippen LogP contribution in [-0.2, 0) is 14.3 Å². The number of carbonyl (C=O) groups is 1. The van der Waals surface area contributed by atoms with Crippen molar-refractivity contribution in [3.63, 3.8) is 0 Å². The van der Waals surface area contributed by atoms with E-state index in [9.17, 15) is 9.90 Å². The molecule has 0 aliphatic carbocycles. The van der Waals surface area contributed by atoms with Gasteiger partial charge in [-0.3, -0.25) is 14.7 Å². The number of methoxy groups -OCH3 is 1. The van der Waals surface area contributed by atoms with Crippen molar-refractivity contribution in [2.24, 2.45) is 5.92 Å². The van der Waals surface area contributed by atoms with Crippen LogP contribution in [0.25, 0.3) is 0 Å². The van der Waals surface area contributed by atoms with Gasteiger partial charge in [0.2, 0.25) is 0 Å². The minimum absolute atomic E-state index is 0.402. The van der Waals surface area contributed by atoms with Crippen LogP contribution in [0, 0.1) is 5.92 Å². The lowest BCUT2D eigenvalue weighted by molar-refractivity contribution is -0.151. The van der Waals surface area contributed by atoms with E-state index in [1.807, 2.05) is 0 Å². The number of carbonyl (C=O) groups excluding carboxylic acids is 1. The third-order valence-corrected chi connectivity index (χ3v) is 3.49. The average Bonchev–Trinajstić information content (AvgIpc) is 2.53. The molecule has 1 saturated heterocycles. The summed E-state index contributed by atoms with van der Waals surface area (Å²) in [6.45, 7) is 3.28. The van der Waals surface area contributed by atoms with E-state index in [0.29, 0.717) is 25.3 Å². The monoisotopic (exact) mass is 280 g/mol. The Morgan fingerprint density at radius 2 is 2.10 bits per heavy atom. The molecule has 6 heteroatoms. The second-order valence-corrected chi connectivity index (χ2v) is 4.77. The third-order valence-electron chi connectivity index (χ3n) is 3.49. The molecule has 0 bridgehead atoms. The van der Waals surface area contributed by atoms with Crippen LogP contribution in [0.2, 0.25) is 0 Å². The zero-order chi connectivity index (χ0) is 14.4. The normalized spacial score (nSPS) is 19.3. The number of ether oxygens (including phenoxy) is 2. The largest absolute Gasteiger partial charge is 0.469 e. The Morgan fingerprint density at radius 1 is 1.45 bits per heavy atom. The van der Waals surface area contributed by atoms with Gasteiger partial charge < -0.3 is 14.6 Å². The molecule has 0 spiro atoms. The van der Waals surface area contributed by atoms with Gasteiger partial charge in [0.05, 0.1) is 32.3 Å². The van der Waals surface area contributed by atoms with Gasteiger partial charge >= 0.3 is 5.97 Å². The van der Waals surface area contributed by atoms with Crippen molar-refractivity contribution in [3.05, 3.63) is 30.1 Å². The second kappa shape index (κ2) is 7.33. The number of pyridine rings is 1. The Bertz CT molecular complexity index is 420. The number of morpholine rings is 1. The minimum atomic E-state index is -0.895. The predicted molar refractivity (Wildman–Crippen MR) is 72.0 cm³/mol. The van der Waals surface area contributed by atoms with Gasteiger partial charge in [0.25, 0.3) is 0 Å². The number of rotatable bonds is 5. The van der Waals surface area contributed by atoms with Gasteiger partial charge in [0, 0.05) is 32.0 Å². The Labute approximate surface area is 118 Å². The molecule has 6 nitrogen and oxygen atoms in total. The summed E-state index contributed by atoms with van der Waals surface area (Å²) < 4.78 is 10.1. The van der Waals surface area contributed by atoms with Crippen molar-refractivity contribution in [1.29, 1.82) is 0 Å². The average molecular weight is 280 g/mol. The quantitative estimate of drug-likeness (QED) is 0.779. The molecule has 1 aliphatic heterocycles. The lowest BCUT2D eigenvalue weighted by Crippen LogP contribution is -2.43. The summed E-state index contributed by atoms with van der Waals surface area (Å²) in [5.74, 6) is -1.01. The highest BCUT2D eigenvalue weighted by molar-refractivity contribution is 5.73. The van der Waals surface area contributed by atoms with Crippen LogP contribution >= 0.6 is 0 Å². The van der Waals surface area contributed by atoms with Crippen molar-refractivity contribution in [2.45, 2.75) is 6.10 Å². The molecule has 2 rings (SSSR count).